The summed E-state index contributed by atoms with van der Waals surface area (Å²) in [5, 5.41) is 9.06. The van der Waals surface area contributed by atoms with Crippen LogP contribution in [0.3, 0.4) is 0 Å². The third-order valence-electron chi connectivity index (χ3n) is 5.34. The van der Waals surface area contributed by atoms with Crippen molar-refractivity contribution in [2.24, 2.45) is 0 Å². The van der Waals surface area contributed by atoms with E-state index in [4.69, 9.17) is 18.9 Å². The summed E-state index contributed by atoms with van der Waals surface area (Å²) in [6.07, 6.45) is 7.62. The maximum absolute atomic E-state index is 12.6. The van der Waals surface area contributed by atoms with Gasteiger partial charge in [-0.25, -0.2) is 4.79 Å². The molecule has 0 saturated carbocycles. The third kappa shape index (κ3) is 10.2. The normalized spacial score (nSPS) is 13.7. The van der Waals surface area contributed by atoms with E-state index in [1.807, 2.05) is 0 Å². The Morgan fingerprint density at radius 1 is 0.765 bits per heavy atom. The SMILES string of the molecule is COC1=C(OC)C(=O)C(CCCCCCCCCCOC(=O)OCCCO[N+](=O)[O-])=C(C)C1=O. The topological polar surface area (TPSA) is 140 Å². The second-order valence-corrected chi connectivity index (χ2v) is 7.76. The number of carbonyl (C=O) groups is 3. The summed E-state index contributed by atoms with van der Waals surface area (Å²) in [6.45, 7) is 1.80. The van der Waals surface area contributed by atoms with Crippen LogP contribution in [0, 0.1) is 10.1 Å². The zero-order valence-corrected chi connectivity index (χ0v) is 20.2. The second-order valence-electron chi connectivity index (χ2n) is 7.76. The molecular formula is C23H35NO10. The molecule has 0 N–H and O–H groups in total. The molecule has 1 aliphatic rings. The van der Waals surface area contributed by atoms with Crippen LogP contribution >= 0.6 is 0 Å². The molecule has 0 aliphatic heterocycles. The van der Waals surface area contributed by atoms with Crippen LogP contribution in [0.25, 0.3) is 0 Å². The van der Waals surface area contributed by atoms with E-state index in [0.29, 0.717) is 17.6 Å². The number of ketones is 2. The molecule has 0 aromatic rings. The lowest BCUT2D eigenvalue weighted by Crippen LogP contribution is -2.25. The quantitative estimate of drug-likeness (QED) is 0.0910. The number of allylic oxidation sites excluding steroid dienone is 2. The van der Waals surface area contributed by atoms with E-state index in [-0.39, 0.29) is 49.3 Å². The number of carbonyl (C=O) groups excluding carboxylic acids is 3. The van der Waals surface area contributed by atoms with Gasteiger partial charge in [-0.15, -0.1) is 10.1 Å². The van der Waals surface area contributed by atoms with Crippen LogP contribution in [0.15, 0.2) is 22.7 Å². The molecule has 0 saturated heterocycles. The van der Waals surface area contributed by atoms with Crippen molar-refractivity contribution in [1.82, 2.24) is 0 Å². The Bertz CT molecular complexity index is 772. The van der Waals surface area contributed by atoms with Crippen LogP contribution < -0.4 is 0 Å². The number of nitrogens with zero attached hydrogens (tertiary/aromatic N) is 1. The zero-order valence-electron chi connectivity index (χ0n) is 20.2. The fraction of sp³-hybridized carbons (Fsp3) is 0.696. The Labute approximate surface area is 199 Å². The van der Waals surface area contributed by atoms with Gasteiger partial charge >= 0.3 is 6.16 Å². The molecule has 0 bridgehead atoms. The van der Waals surface area contributed by atoms with E-state index < -0.39 is 11.2 Å². The van der Waals surface area contributed by atoms with Crippen LogP contribution in [-0.2, 0) is 33.4 Å². The molecular weight excluding hydrogens is 450 g/mol. The van der Waals surface area contributed by atoms with Crippen molar-refractivity contribution in [1.29, 1.82) is 0 Å². The highest BCUT2D eigenvalue weighted by Crippen LogP contribution is 2.28. The van der Waals surface area contributed by atoms with Gasteiger partial charge in [0.2, 0.25) is 23.1 Å². The van der Waals surface area contributed by atoms with E-state index >= 15 is 0 Å². The van der Waals surface area contributed by atoms with E-state index in [1.54, 1.807) is 6.92 Å². The lowest BCUT2D eigenvalue weighted by Gasteiger charge is -2.20. The largest absolute Gasteiger partial charge is 0.508 e. The molecule has 0 heterocycles. The van der Waals surface area contributed by atoms with Gasteiger partial charge in [-0.1, -0.05) is 38.5 Å². The van der Waals surface area contributed by atoms with E-state index in [1.165, 1.54) is 14.2 Å². The highest BCUT2D eigenvalue weighted by atomic mass is 16.9. The lowest BCUT2D eigenvalue weighted by molar-refractivity contribution is -0.757. The number of unbranched alkanes of at least 4 members (excludes halogenated alkanes) is 7. The van der Waals surface area contributed by atoms with Gasteiger partial charge in [-0.05, 0) is 26.2 Å². The molecule has 0 unspecified atom stereocenters. The van der Waals surface area contributed by atoms with Gasteiger partial charge in [0.1, 0.15) is 0 Å². The van der Waals surface area contributed by atoms with Crippen molar-refractivity contribution >= 4 is 17.7 Å². The predicted octanol–water partition coefficient (Wildman–Crippen LogP) is 4.22. The van der Waals surface area contributed by atoms with E-state index in [9.17, 15) is 24.5 Å². The number of hydrogen-bond donors (Lipinski definition) is 0. The van der Waals surface area contributed by atoms with Crippen molar-refractivity contribution in [3.8, 4) is 0 Å². The maximum atomic E-state index is 12.6. The Morgan fingerprint density at radius 3 is 1.82 bits per heavy atom. The molecule has 0 aromatic heterocycles. The van der Waals surface area contributed by atoms with Crippen molar-refractivity contribution in [2.75, 3.05) is 34.0 Å². The molecule has 192 valence electrons. The summed E-state index contributed by atoms with van der Waals surface area (Å²) in [5.41, 5.74) is 0.934. The first-order chi connectivity index (χ1) is 16.3. The fourth-order valence-electron chi connectivity index (χ4n) is 3.51. The first-order valence-corrected chi connectivity index (χ1v) is 11.5. The maximum Gasteiger partial charge on any atom is 0.508 e. The van der Waals surface area contributed by atoms with Gasteiger partial charge in [0.15, 0.2) is 0 Å². The molecule has 34 heavy (non-hydrogen) atoms. The van der Waals surface area contributed by atoms with Crippen LogP contribution in [0.1, 0.15) is 71.1 Å². The van der Waals surface area contributed by atoms with Crippen LogP contribution in [0.4, 0.5) is 4.79 Å². The number of ether oxygens (including phenoxy) is 4. The predicted molar refractivity (Wildman–Crippen MR) is 120 cm³/mol. The molecule has 0 aromatic carbocycles. The monoisotopic (exact) mass is 485 g/mol. The Morgan fingerprint density at radius 2 is 1.26 bits per heavy atom. The van der Waals surface area contributed by atoms with E-state index in [2.05, 4.69) is 4.84 Å². The van der Waals surface area contributed by atoms with Crippen molar-refractivity contribution in [2.45, 2.75) is 71.1 Å². The number of methoxy groups -OCH3 is 2. The van der Waals surface area contributed by atoms with Crippen LogP contribution in [0.5, 0.6) is 0 Å². The Hall–Kier alpha value is -3.11. The van der Waals surface area contributed by atoms with Gasteiger partial charge < -0.3 is 23.8 Å². The number of Topliss-reactive ketones (excluding diaryl/α,β-unsaturated/α-hetero) is 2. The Balaban J connectivity index is 2.05. The fourth-order valence-corrected chi connectivity index (χ4v) is 3.51. The zero-order chi connectivity index (χ0) is 25.3. The van der Waals surface area contributed by atoms with Crippen LogP contribution in [-0.4, -0.2) is 56.8 Å². The molecule has 0 fully saturated rings. The average Bonchev–Trinajstić information content (AvgIpc) is 2.80. The molecule has 11 nitrogen and oxygen atoms in total. The van der Waals surface area contributed by atoms with Crippen LogP contribution in [0.2, 0.25) is 0 Å². The van der Waals surface area contributed by atoms with Gasteiger partial charge in [0, 0.05) is 17.6 Å². The summed E-state index contributed by atoms with van der Waals surface area (Å²) < 4.78 is 19.8. The van der Waals surface area contributed by atoms with Gasteiger partial charge in [-0.3, -0.25) is 9.59 Å². The van der Waals surface area contributed by atoms with Crippen molar-refractivity contribution in [3.05, 3.63) is 32.8 Å². The molecule has 11 heteroatoms. The smallest absolute Gasteiger partial charge is 0.489 e. The second kappa shape index (κ2) is 16.5. The molecule has 0 spiro atoms. The summed E-state index contributed by atoms with van der Waals surface area (Å²) in [4.78, 5) is 50.3. The summed E-state index contributed by atoms with van der Waals surface area (Å²) in [7, 11) is 2.71. The van der Waals surface area contributed by atoms with Crippen molar-refractivity contribution in [3.63, 3.8) is 0 Å². The molecule has 0 radical (unpaired) electrons. The molecule has 0 amide bonds. The number of rotatable bonds is 18. The van der Waals surface area contributed by atoms with Gasteiger partial charge in [-0.2, -0.15) is 0 Å². The minimum atomic E-state index is -0.896. The van der Waals surface area contributed by atoms with Gasteiger partial charge in [0.25, 0.3) is 5.09 Å². The minimum absolute atomic E-state index is 0.00638. The summed E-state index contributed by atoms with van der Waals surface area (Å²) in [6, 6.07) is 0. The molecule has 1 aliphatic carbocycles. The Kier molecular flexibility index (Phi) is 14.0. The van der Waals surface area contributed by atoms with Gasteiger partial charge in [0.05, 0.1) is 34.0 Å². The average molecular weight is 486 g/mol. The minimum Gasteiger partial charge on any atom is -0.489 e. The standard InChI is InChI=1S/C23H35NO10/c1-17-18(20(26)22(31-3)21(30-2)19(17)25)13-10-8-6-4-5-7-9-11-14-32-23(27)33-15-12-16-34-24(28)29/h4-16H2,1-3H3. The third-order valence-corrected chi connectivity index (χ3v) is 5.34. The highest BCUT2D eigenvalue weighted by Gasteiger charge is 2.34. The lowest BCUT2D eigenvalue weighted by atomic mass is 9.89. The number of hydrogen-bond acceptors (Lipinski definition) is 10. The first kappa shape index (κ1) is 28.9. The van der Waals surface area contributed by atoms with Crippen molar-refractivity contribution < 1.29 is 43.3 Å². The first-order valence-electron chi connectivity index (χ1n) is 11.5. The highest BCUT2D eigenvalue weighted by molar-refractivity contribution is 6.23. The summed E-state index contributed by atoms with van der Waals surface area (Å²) >= 11 is 0. The summed E-state index contributed by atoms with van der Waals surface area (Å²) in [5.74, 6) is -0.621. The van der Waals surface area contributed by atoms with E-state index in [0.717, 1.165) is 51.4 Å². The molecule has 0 atom stereocenters. The molecule has 1 rings (SSSR count).